The summed E-state index contributed by atoms with van der Waals surface area (Å²) in [5.41, 5.74) is 3.26. The molecule has 0 amide bonds. The molecule has 0 spiro atoms. The summed E-state index contributed by atoms with van der Waals surface area (Å²) >= 11 is 0. The third kappa shape index (κ3) is 3.18. The predicted octanol–water partition coefficient (Wildman–Crippen LogP) is 0.507. The number of nitrogens with zero attached hydrogens (tertiary/aromatic N) is 5. The van der Waals surface area contributed by atoms with Crippen molar-refractivity contribution in [1.29, 1.82) is 0 Å². The van der Waals surface area contributed by atoms with Gasteiger partial charge in [-0.05, 0) is 20.9 Å². The highest BCUT2D eigenvalue weighted by molar-refractivity contribution is 5.24. The standard InChI is InChI=1S/C12H19N5O2/c1-9-11(10(2)17(14-9)4-5-18)6-16(3)7-12-13-8-19-15-12/h8,18H,4-7H2,1-3H3. The third-order valence-electron chi connectivity index (χ3n) is 3.09. The molecule has 0 aliphatic carbocycles. The maximum Gasteiger partial charge on any atom is 0.213 e. The highest BCUT2D eigenvalue weighted by Crippen LogP contribution is 2.15. The van der Waals surface area contributed by atoms with E-state index in [2.05, 4.69) is 20.1 Å². The highest BCUT2D eigenvalue weighted by atomic mass is 16.5. The Morgan fingerprint density at radius 1 is 1.37 bits per heavy atom. The molecule has 2 aromatic rings. The summed E-state index contributed by atoms with van der Waals surface area (Å²) in [6, 6.07) is 0. The van der Waals surface area contributed by atoms with Crippen LogP contribution in [0.4, 0.5) is 0 Å². The molecule has 7 nitrogen and oxygen atoms in total. The van der Waals surface area contributed by atoms with Gasteiger partial charge in [0.25, 0.3) is 0 Å². The zero-order chi connectivity index (χ0) is 13.8. The van der Waals surface area contributed by atoms with Crippen LogP contribution < -0.4 is 0 Å². The van der Waals surface area contributed by atoms with Gasteiger partial charge in [-0.1, -0.05) is 5.16 Å². The molecule has 7 heteroatoms. The summed E-state index contributed by atoms with van der Waals surface area (Å²) in [6.45, 7) is 6.02. The topological polar surface area (TPSA) is 80.2 Å². The molecule has 2 heterocycles. The summed E-state index contributed by atoms with van der Waals surface area (Å²) in [5.74, 6) is 0.667. The van der Waals surface area contributed by atoms with Gasteiger partial charge in [0.1, 0.15) is 0 Å². The van der Waals surface area contributed by atoms with Crippen molar-refractivity contribution in [3.05, 3.63) is 29.2 Å². The fourth-order valence-electron chi connectivity index (χ4n) is 2.10. The minimum absolute atomic E-state index is 0.0973. The molecule has 0 aromatic carbocycles. The van der Waals surface area contributed by atoms with Crippen LogP contribution >= 0.6 is 0 Å². The highest BCUT2D eigenvalue weighted by Gasteiger charge is 2.14. The van der Waals surface area contributed by atoms with Crippen molar-refractivity contribution in [2.75, 3.05) is 13.7 Å². The Morgan fingerprint density at radius 3 is 2.79 bits per heavy atom. The Morgan fingerprint density at radius 2 is 2.16 bits per heavy atom. The van der Waals surface area contributed by atoms with Gasteiger partial charge in [-0.25, -0.2) is 0 Å². The van der Waals surface area contributed by atoms with Gasteiger partial charge in [-0.15, -0.1) is 0 Å². The molecule has 104 valence electrons. The van der Waals surface area contributed by atoms with E-state index in [4.69, 9.17) is 9.63 Å². The molecular formula is C12H19N5O2. The van der Waals surface area contributed by atoms with E-state index < -0.39 is 0 Å². The van der Waals surface area contributed by atoms with Crippen LogP contribution in [0.15, 0.2) is 10.9 Å². The first kappa shape index (κ1) is 13.7. The predicted molar refractivity (Wildman–Crippen MR) is 68.3 cm³/mol. The number of aliphatic hydroxyl groups excluding tert-OH is 1. The molecule has 0 radical (unpaired) electrons. The molecule has 0 bridgehead atoms. The van der Waals surface area contributed by atoms with E-state index >= 15 is 0 Å². The number of aryl methyl sites for hydroxylation is 1. The minimum Gasteiger partial charge on any atom is -0.394 e. The van der Waals surface area contributed by atoms with E-state index in [-0.39, 0.29) is 6.61 Å². The zero-order valence-electron chi connectivity index (χ0n) is 11.5. The lowest BCUT2D eigenvalue weighted by Crippen LogP contribution is -2.19. The average molecular weight is 265 g/mol. The SMILES string of the molecule is Cc1nn(CCO)c(C)c1CN(C)Cc1ncon1. The Kier molecular flexibility index (Phi) is 4.28. The maximum atomic E-state index is 9.00. The molecule has 0 saturated heterocycles. The van der Waals surface area contributed by atoms with Gasteiger partial charge in [0.2, 0.25) is 6.39 Å². The van der Waals surface area contributed by atoms with Crippen LogP contribution in [0.3, 0.4) is 0 Å². The van der Waals surface area contributed by atoms with Gasteiger partial charge in [0, 0.05) is 17.8 Å². The fraction of sp³-hybridized carbons (Fsp3) is 0.583. The average Bonchev–Trinajstić information content (AvgIpc) is 2.94. The van der Waals surface area contributed by atoms with Crippen molar-refractivity contribution in [3.8, 4) is 0 Å². The van der Waals surface area contributed by atoms with Crippen LogP contribution in [0, 0.1) is 13.8 Å². The summed E-state index contributed by atoms with van der Waals surface area (Å²) < 4.78 is 6.56. The first-order valence-electron chi connectivity index (χ1n) is 6.19. The summed E-state index contributed by atoms with van der Waals surface area (Å²) in [7, 11) is 2.00. The molecule has 0 atom stereocenters. The third-order valence-corrected chi connectivity index (χ3v) is 3.09. The summed E-state index contributed by atoms with van der Waals surface area (Å²) in [4.78, 5) is 6.11. The zero-order valence-corrected chi connectivity index (χ0v) is 11.5. The van der Waals surface area contributed by atoms with Crippen LogP contribution in [0.2, 0.25) is 0 Å². The summed E-state index contributed by atoms with van der Waals surface area (Å²) in [6.07, 6.45) is 1.33. The molecular weight excluding hydrogens is 246 g/mol. The molecule has 0 aliphatic rings. The van der Waals surface area contributed by atoms with Crippen molar-refractivity contribution in [2.45, 2.75) is 33.5 Å². The molecule has 2 aromatic heterocycles. The Balaban J connectivity index is 2.06. The lowest BCUT2D eigenvalue weighted by Gasteiger charge is -2.14. The van der Waals surface area contributed by atoms with Gasteiger partial charge >= 0.3 is 0 Å². The van der Waals surface area contributed by atoms with E-state index in [9.17, 15) is 0 Å². The smallest absolute Gasteiger partial charge is 0.213 e. The number of rotatable bonds is 6. The normalized spacial score (nSPS) is 11.4. The molecule has 19 heavy (non-hydrogen) atoms. The number of aromatic nitrogens is 4. The molecule has 0 saturated carbocycles. The largest absolute Gasteiger partial charge is 0.394 e. The van der Waals surface area contributed by atoms with E-state index in [1.807, 2.05) is 25.6 Å². The molecule has 0 fully saturated rings. The second-order valence-electron chi connectivity index (χ2n) is 4.62. The van der Waals surface area contributed by atoms with Crippen LogP contribution in [0.5, 0.6) is 0 Å². The quantitative estimate of drug-likeness (QED) is 0.819. The lowest BCUT2D eigenvalue weighted by molar-refractivity contribution is 0.267. The van der Waals surface area contributed by atoms with Crippen LogP contribution in [-0.2, 0) is 19.6 Å². The number of aliphatic hydroxyl groups is 1. The van der Waals surface area contributed by atoms with Crippen molar-refractivity contribution in [2.24, 2.45) is 0 Å². The first-order valence-corrected chi connectivity index (χ1v) is 6.19. The molecule has 2 rings (SSSR count). The van der Waals surface area contributed by atoms with Gasteiger partial charge < -0.3 is 9.63 Å². The molecule has 0 aliphatic heterocycles. The van der Waals surface area contributed by atoms with Crippen molar-refractivity contribution in [3.63, 3.8) is 0 Å². The van der Waals surface area contributed by atoms with Crippen LogP contribution in [0.25, 0.3) is 0 Å². The Hall–Kier alpha value is -1.73. The van der Waals surface area contributed by atoms with Gasteiger partial charge in [-0.2, -0.15) is 10.1 Å². The Labute approximate surface area is 111 Å². The van der Waals surface area contributed by atoms with Crippen molar-refractivity contribution >= 4 is 0 Å². The number of hydrogen-bond acceptors (Lipinski definition) is 6. The van der Waals surface area contributed by atoms with E-state index in [0.717, 1.165) is 17.9 Å². The van der Waals surface area contributed by atoms with Gasteiger partial charge in [-0.3, -0.25) is 9.58 Å². The number of hydrogen-bond donors (Lipinski definition) is 1. The summed E-state index contributed by atoms with van der Waals surface area (Å²) in [5, 5.41) is 17.2. The lowest BCUT2D eigenvalue weighted by atomic mass is 10.2. The maximum absolute atomic E-state index is 9.00. The van der Waals surface area contributed by atoms with E-state index in [1.165, 1.54) is 12.0 Å². The van der Waals surface area contributed by atoms with Crippen molar-refractivity contribution in [1.82, 2.24) is 24.8 Å². The minimum atomic E-state index is 0.0973. The second kappa shape index (κ2) is 5.94. The molecule has 1 N–H and O–H groups in total. The monoisotopic (exact) mass is 265 g/mol. The molecule has 0 unspecified atom stereocenters. The Bertz CT molecular complexity index is 520. The second-order valence-corrected chi connectivity index (χ2v) is 4.62. The van der Waals surface area contributed by atoms with Crippen LogP contribution in [-0.4, -0.2) is 43.6 Å². The van der Waals surface area contributed by atoms with Gasteiger partial charge in [0.15, 0.2) is 5.82 Å². The van der Waals surface area contributed by atoms with Crippen LogP contribution in [0.1, 0.15) is 22.8 Å². The fourth-order valence-corrected chi connectivity index (χ4v) is 2.10. The van der Waals surface area contributed by atoms with E-state index in [0.29, 0.717) is 18.9 Å². The first-order chi connectivity index (χ1) is 9.11. The van der Waals surface area contributed by atoms with E-state index in [1.54, 1.807) is 0 Å². The van der Waals surface area contributed by atoms with Crippen molar-refractivity contribution < 1.29 is 9.63 Å². The van der Waals surface area contributed by atoms with Gasteiger partial charge in [0.05, 0.1) is 25.4 Å².